The summed E-state index contributed by atoms with van der Waals surface area (Å²) in [6.45, 7) is 2.36. The van der Waals surface area contributed by atoms with Crippen molar-refractivity contribution in [2.45, 2.75) is 25.4 Å². The number of piperidine rings is 1. The fraction of sp³-hybridized carbons (Fsp3) is 0.240. The summed E-state index contributed by atoms with van der Waals surface area (Å²) in [4.78, 5) is 36.2. The second-order valence-electron chi connectivity index (χ2n) is 8.52. The molecular formula is C25H23N5O2S. The highest BCUT2D eigenvalue weighted by Gasteiger charge is 2.24. The van der Waals surface area contributed by atoms with Crippen LogP contribution in [-0.4, -0.2) is 36.9 Å². The molecule has 5 aromatic rings. The smallest absolute Gasteiger partial charge is 0.306 e. The lowest BCUT2D eigenvalue weighted by Crippen LogP contribution is -2.37. The third-order valence-electron chi connectivity index (χ3n) is 6.46. The molecule has 0 spiro atoms. The van der Waals surface area contributed by atoms with Crippen molar-refractivity contribution < 1.29 is 0 Å². The monoisotopic (exact) mass is 457 g/mol. The van der Waals surface area contributed by atoms with Crippen molar-refractivity contribution in [3.8, 4) is 11.3 Å². The number of para-hydroxylation sites is 2. The number of imidazole rings is 1. The molecule has 0 aliphatic carbocycles. The maximum atomic E-state index is 12.9. The number of hydrogen-bond acceptors (Lipinski definition) is 5. The Morgan fingerprint density at radius 2 is 1.76 bits per heavy atom. The van der Waals surface area contributed by atoms with Gasteiger partial charge >= 0.3 is 5.69 Å². The number of benzene rings is 2. The van der Waals surface area contributed by atoms with Gasteiger partial charge in [-0.2, -0.15) is 0 Å². The number of aromatic amines is 1. The van der Waals surface area contributed by atoms with Crippen molar-refractivity contribution in [3.05, 3.63) is 92.6 Å². The Labute approximate surface area is 193 Å². The minimum Gasteiger partial charge on any atom is -0.306 e. The number of likely N-dealkylation sites (tertiary alicyclic amines) is 1. The van der Waals surface area contributed by atoms with Crippen LogP contribution in [-0.2, 0) is 6.54 Å². The third kappa shape index (κ3) is 3.61. The number of aromatic nitrogens is 4. The SMILES string of the molecule is O=c1[nH]c2ccccc2n1C1CCN(Cc2cc(=O)n3c(-c4ccccc4)csc3n2)CC1. The van der Waals surface area contributed by atoms with E-state index in [-0.39, 0.29) is 17.3 Å². The van der Waals surface area contributed by atoms with E-state index in [2.05, 4.69) is 9.88 Å². The van der Waals surface area contributed by atoms with E-state index in [9.17, 15) is 9.59 Å². The molecule has 0 radical (unpaired) electrons. The average Bonchev–Trinajstić information content (AvgIpc) is 3.41. The first-order valence-corrected chi connectivity index (χ1v) is 12.0. The van der Waals surface area contributed by atoms with E-state index >= 15 is 0 Å². The van der Waals surface area contributed by atoms with Crippen LogP contribution in [0.25, 0.3) is 27.3 Å². The van der Waals surface area contributed by atoms with Gasteiger partial charge in [0.05, 0.1) is 22.4 Å². The highest BCUT2D eigenvalue weighted by Crippen LogP contribution is 2.26. The first kappa shape index (κ1) is 20.1. The standard InChI is InChI=1S/C25H23N5O2S/c31-23-14-18(26-25-30(23)22(16-33-25)17-6-2-1-3-7-17)15-28-12-10-19(11-13-28)29-21-9-5-4-8-20(21)27-24(29)32/h1-9,14,16,19H,10-13,15H2,(H,27,32). The van der Waals surface area contributed by atoms with Crippen LogP contribution in [0.5, 0.6) is 0 Å². The second-order valence-corrected chi connectivity index (χ2v) is 9.35. The summed E-state index contributed by atoms with van der Waals surface area (Å²) in [6, 6.07) is 19.6. The molecule has 1 fully saturated rings. The average molecular weight is 458 g/mol. The zero-order valence-electron chi connectivity index (χ0n) is 18.0. The van der Waals surface area contributed by atoms with Gasteiger partial charge in [-0.15, -0.1) is 11.3 Å². The van der Waals surface area contributed by atoms with Crippen molar-refractivity contribution in [2.24, 2.45) is 0 Å². The van der Waals surface area contributed by atoms with E-state index in [1.54, 1.807) is 10.5 Å². The van der Waals surface area contributed by atoms with Crippen LogP contribution in [0.15, 0.2) is 75.6 Å². The van der Waals surface area contributed by atoms with Crippen molar-refractivity contribution in [3.63, 3.8) is 0 Å². The lowest BCUT2D eigenvalue weighted by Gasteiger charge is -2.32. The van der Waals surface area contributed by atoms with Gasteiger partial charge in [0.2, 0.25) is 0 Å². The van der Waals surface area contributed by atoms with Crippen LogP contribution in [0.2, 0.25) is 0 Å². The van der Waals surface area contributed by atoms with E-state index in [4.69, 9.17) is 4.98 Å². The summed E-state index contributed by atoms with van der Waals surface area (Å²) in [5.74, 6) is 0. The van der Waals surface area contributed by atoms with Gasteiger partial charge < -0.3 is 4.98 Å². The molecule has 4 heterocycles. The molecular weight excluding hydrogens is 434 g/mol. The first-order chi connectivity index (χ1) is 16.2. The van der Waals surface area contributed by atoms with Gasteiger partial charge in [0.1, 0.15) is 0 Å². The summed E-state index contributed by atoms with van der Waals surface area (Å²) in [6.07, 6.45) is 1.78. The molecule has 7 nitrogen and oxygen atoms in total. The van der Waals surface area contributed by atoms with Gasteiger partial charge in [0, 0.05) is 37.1 Å². The van der Waals surface area contributed by atoms with E-state index in [0.29, 0.717) is 6.54 Å². The van der Waals surface area contributed by atoms with Crippen LogP contribution in [0.4, 0.5) is 0 Å². The maximum absolute atomic E-state index is 12.9. The van der Waals surface area contributed by atoms with E-state index in [1.165, 1.54) is 11.3 Å². The molecule has 1 N–H and O–H groups in total. The van der Waals surface area contributed by atoms with Gasteiger partial charge in [-0.3, -0.25) is 18.7 Å². The van der Waals surface area contributed by atoms with E-state index < -0.39 is 0 Å². The molecule has 0 atom stereocenters. The number of fused-ring (bicyclic) bond motifs is 2. The predicted molar refractivity (Wildman–Crippen MR) is 131 cm³/mol. The zero-order valence-corrected chi connectivity index (χ0v) is 18.8. The normalized spacial score (nSPS) is 15.5. The number of thiazole rings is 1. The Morgan fingerprint density at radius 3 is 2.58 bits per heavy atom. The number of H-pyrrole nitrogens is 1. The highest BCUT2D eigenvalue weighted by atomic mass is 32.1. The van der Waals surface area contributed by atoms with Crippen molar-refractivity contribution >= 4 is 27.3 Å². The Kier molecular flexibility index (Phi) is 4.96. The third-order valence-corrected chi connectivity index (χ3v) is 7.29. The minimum atomic E-state index is -0.0460. The lowest BCUT2D eigenvalue weighted by molar-refractivity contribution is 0.178. The quantitative estimate of drug-likeness (QED) is 0.444. The van der Waals surface area contributed by atoms with Crippen LogP contribution in [0, 0.1) is 0 Å². The minimum absolute atomic E-state index is 0.0401. The Morgan fingerprint density at radius 1 is 1.00 bits per heavy atom. The molecule has 2 aromatic carbocycles. The van der Waals surface area contributed by atoms with Crippen LogP contribution in [0.1, 0.15) is 24.6 Å². The Bertz CT molecular complexity index is 1550. The number of nitrogens with one attached hydrogen (secondary N) is 1. The molecule has 1 saturated heterocycles. The molecule has 6 rings (SSSR count). The van der Waals surface area contributed by atoms with Crippen LogP contribution >= 0.6 is 11.3 Å². The molecule has 33 heavy (non-hydrogen) atoms. The van der Waals surface area contributed by atoms with Crippen molar-refractivity contribution in [2.75, 3.05) is 13.1 Å². The zero-order chi connectivity index (χ0) is 22.4. The first-order valence-electron chi connectivity index (χ1n) is 11.1. The molecule has 3 aromatic heterocycles. The maximum Gasteiger partial charge on any atom is 0.326 e. The van der Waals surface area contributed by atoms with Crippen molar-refractivity contribution in [1.82, 2.24) is 23.8 Å². The van der Waals surface area contributed by atoms with Crippen LogP contribution < -0.4 is 11.2 Å². The number of rotatable bonds is 4. The van der Waals surface area contributed by atoms with Gasteiger partial charge in [-0.05, 0) is 30.5 Å². The lowest BCUT2D eigenvalue weighted by atomic mass is 10.0. The summed E-state index contributed by atoms with van der Waals surface area (Å²) in [5.41, 5.74) is 4.45. The van der Waals surface area contributed by atoms with Gasteiger partial charge in [0.15, 0.2) is 4.96 Å². The molecule has 166 valence electrons. The second kappa shape index (κ2) is 8.13. The summed E-state index contributed by atoms with van der Waals surface area (Å²) >= 11 is 1.49. The summed E-state index contributed by atoms with van der Waals surface area (Å²) in [7, 11) is 0. The molecule has 0 amide bonds. The predicted octanol–water partition coefficient (Wildman–Crippen LogP) is 3.90. The summed E-state index contributed by atoms with van der Waals surface area (Å²) < 4.78 is 3.60. The van der Waals surface area contributed by atoms with Crippen molar-refractivity contribution in [1.29, 1.82) is 0 Å². The molecule has 1 aliphatic rings. The highest BCUT2D eigenvalue weighted by molar-refractivity contribution is 7.15. The summed E-state index contributed by atoms with van der Waals surface area (Å²) in [5, 5.41) is 1.99. The largest absolute Gasteiger partial charge is 0.326 e. The molecule has 1 aliphatic heterocycles. The number of hydrogen-bond donors (Lipinski definition) is 1. The topological polar surface area (TPSA) is 75.4 Å². The van der Waals surface area contributed by atoms with Gasteiger partial charge in [0.25, 0.3) is 5.56 Å². The molecule has 0 bridgehead atoms. The number of nitrogens with zero attached hydrogens (tertiary/aromatic N) is 4. The van der Waals surface area contributed by atoms with E-state index in [0.717, 1.165) is 58.9 Å². The fourth-order valence-electron chi connectivity index (χ4n) is 4.86. The van der Waals surface area contributed by atoms with Crippen LogP contribution in [0.3, 0.4) is 0 Å². The molecule has 0 saturated carbocycles. The van der Waals surface area contributed by atoms with Gasteiger partial charge in [-0.25, -0.2) is 9.78 Å². The van der Waals surface area contributed by atoms with E-state index in [1.807, 2.05) is 64.5 Å². The fourth-order valence-corrected chi connectivity index (χ4v) is 5.78. The molecule has 0 unspecified atom stereocenters. The molecule has 8 heteroatoms. The Balaban J connectivity index is 1.20. The van der Waals surface area contributed by atoms with Gasteiger partial charge in [-0.1, -0.05) is 42.5 Å². The Hall–Kier alpha value is -3.49.